The summed E-state index contributed by atoms with van der Waals surface area (Å²) in [7, 11) is 0. The number of aryl methyl sites for hydroxylation is 1. The van der Waals surface area contributed by atoms with Gasteiger partial charge in [0.25, 0.3) is 0 Å². The van der Waals surface area contributed by atoms with E-state index < -0.39 is 0 Å². The number of ether oxygens (including phenoxy) is 1. The van der Waals surface area contributed by atoms with Gasteiger partial charge in [0, 0.05) is 0 Å². The van der Waals surface area contributed by atoms with Crippen molar-refractivity contribution in [2.75, 3.05) is 6.61 Å². The second-order valence-electron chi connectivity index (χ2n) is 2.53. The lowest BCUT2D eigenvalue weighted by atomic mass is 10.1. The Balaban J connectivity index is 2.90. The minimum atomic E-state index is 0.720. The van der Waals surface area contributed by atoms with Gasteiger partial charge in [-0.2, -0.15) is 0 Å². The van der Waals surface area contributed by atoms with Gasteiger partial charge in [-0.15, -0.1) is 0 Å². The first-order chi connectivity index (χ1) is 5.24. The lowest BCUT2D eigenvalue weighted by Gasteiger charge is -2.06. The van der Waals surface area contributed by atoms with Gasteiger partial charge in [0.05, 0.1) is 6.61 Å². The summed E-state index contributed by atoms with van der Waals surface area (Å²) < 4.78 is 5.36. The Labute approximate surface area is 68.0 Å². The standard InChI is InChI=1S/C10H13O/c1-4-11-10-6-5-8(2)7-9(10)3/h5-7H,2,4H2,1,3H3. The Morgan fingerprint density at radius 3 is 2.73 bits per heavy atom. The third-order valence-electron chi connectivity index (χ3n) is 1.54. The maximum atomic E-state index is 5.36. The summed E-state index contributed by atoms with van der Waals surface area (Å²) in [5.41, 5.74) is 2.19. The fourth-order valence-corrected chi connectivity index (χ4v) is 1.03. The third-order valence-corrected chi connectivity index (χ3v) is 1.54. The van der Waals surface area contributed by atoms with Crippen molar-refractivity contribution >= 4 is 0 Å². The average molecular weight is 149 g/mol. The van der Waals surface area contributed by atoms with Gasteiger partial charge in [0.1, 0.15) is 5.75 Å². The van der Waals surface area contributed by atoms with Crippen LogP contribution in [0.4, 0.5) is 0 Å². The Morgan fingerprint density at radius 2 is 2.18 bits per heavy atom. The number of hydrogen-bond acceptors (Lipinski definition) is 1. The topological polar surface area (TPSA) is 9.23 Å². The van der Waals surface area contributed by atoms with Crippen molar-refractivity contribution in [3.8, 4) is 5.75 Å². The van der Waals surface area contributed by atoms with Crippen LogP contribution in [0.5, 0.6) is 5.75 Å². The Kier molecular flexibility index (Phi) is 2.53. The normalized spacial score (nSPS) is 9.73. The molecule has 0 N–H and O–H groups in total. The predicted molar refractivity (Wildman–Crippen MR) is 46.8 cm³/mol. The highest BCUT2D eigenvalue weighted by molar-refractivity contribution is 5.37. The van der Waals surface area contributed by atoms with Crippen LogP contribution in [0, 0.1) is 13.8 Å². The molecule has 0 unspecified atom stereocenters. The van der Waals surface area contributed by atoms with E-state index in [0.717, 1.165) is 23.5 Å². The molecule has 0 aliphatic heterocycles. The molecule has 0 atom stereocenters. The van der Waals surface area contributed by atoms with E-state index in [1.807, 2.05) is 32.0 Å². The van der Waals surface area contributed by atoms with Crippen LogP contribution in [0.15, 0.2) is 18.2 Å². The van der Waals surface area contributed by atoms with Crippen LogP contribution in [0.3, 0.4) is 0 Å². The molecule has 1 rings (SSSR count). The first-order valence-electron chi connectivity index (χ1n) is 3.79. The highest BCUT2D eigenvalue weighted by Crippen LogP contribution is 2.18. The molecule has 59 valence electrons. The number of hydrogen-bond donors (Lipinski definition) is 0. The maximum absolute atomic E-state index is 5.36. The Hall–Kier alpha value is -0.980. The minimum absolute atomic E-state index is 0.720. The molecule has 1 aromatic rings. The molecule has 0 aliphatic carbocycles. The van der Waals surface area contributed by atoms with E-state index in [4.69, 9.17) is 4.74 Å². The number of rotatable bonds is 2. The van der Waals surface area contributed by atoms with Crippen molar-refractivity contribution in [3.63, 3.8) is 0 Å². The molecule has 0 bridgehead atoms. The molecule has 0 amide bonds. The molecule has 0 aromatic heterocycles. The van der Waals surface area contributed by atoms with Gasteiger partial charge in [-0.05, 0) is 38.0 Å². The first-order valence-corrected chi connectivity index (χ1v) is 3.79. The minimum Gasteiger partial charge on any atom is -0.494 e. The summed E-state index contributed by atoms with van der Waals surface area (Å²) in [4.78, 5) is 0. The zero-order valence-corrected chi connectivity index (χ0v) is 7.05. The lowest BCUT2D eigenvalue weighted by Crippen LogP contribution is -1.93. The Bertz CT molecular complexity index is 241. The molecule has 0 saturated carbocycles. The van der Waals surface area contributed by atoms with Gasteiger partial charge in [-0.25, -0.2) is 0 Å². The monoisotopic (exact) mass is 149 g/mol. The fraction of sp³-hybridized carbons (Fsp3) is 0.300. The smallest absolute Gasteiger partial charge is 0.122 e. The van der Waals surface area contributed by atoms with Crippen molar-refractivity contribution in [1.29, 1.82) is 0 Å². The van der Waals surface area contributed by atoms with Gasteiger partial charge >= 0.3 is 0 Å². The molecule has 0 heterocycles. The van der Waals surface area contributed by atoms with Crippen LogP contribution in [0.1, 0.15) is 18.1 Å². The van der Waals surface area contributed by atoms with Gasteiger partial charge in [0.15, 0.2) is 0 Å². The van der Waals surface area contributed by atoms with Crippen LogP contribution < -0.4 is 4.74 Å². The van der Waals surface area contributed by atoms with E-state index in [1.165, 1.54) is 0 Å². The van der Waals surface area contributed by atoms with Gasteiger partial charge in [-0.3, -0.25) is 0 Å². The molecule has 0 fully saturated rings. The van der Waals surface area contributed by atoms with Crippen molar-refractivity contribution in [1.82, 2.24) is 0 Å². The molecule has 1 aromatic carbocycles. The van der Waals surface area contributed by atoms with Gasteiger partial charge < -0.3 is 4.74 Å². The summed E-state index contributed by atoms with van der Waals surface area (Å²) in [6, 6.07) is 5.93. The van der Waals surface area contributed by atoms with Crippen molar-refractivity contribution < 1.29 is 4.74 Å². The highest BCUT2D eigenvalue weighted by Gasteiger charge is 1.96. The van der Waals surface area contributed by atoms with E-state index >= 15 is 0 Å². The van der Waals surface area contributed by atoms with Crippen LogP contribution in [-0.2, 0) is 0 Å². The van der Waals surface area contributed by atoms with E-state index in [0.29, 0.717) is 0 Å². The molecule has 1 heteroatoms. The van der Waals surface area contributed by atoms with E-state index in [-0.39, 0.29) is 0 Å². The van der Waals surface area contributed by atoms with E-state index in [2.05, 4.69) is 6.92 Å². The van der Waals surface area contributed by atoms with Crippen molar-refractivity contribution in [2.45, 2.75) is 13.8 Å². The van der Waals surface area contributed by atoms with Crippen molar-refractivity contribution in [2.24, 2.45) is 0 Å². The van der Waals surface area contributed by atoms with Crippen LogP contribution in [-0.4, -0.2) is 6.61 Å². The second kappa shape index (κ2) is 3.42. The zero-order chi connectivity index (χ0) is 8.27. The molecule has 1 radical (unpaired) electrons. The van der Waals surface area contributed by atoms with Crippen LogP contribution in [0.2, 0.25) is 0 Å². The largest absolute Gasteiger partial charge is 0.494 e. The van der Waals surface area contributed by atoms with Crippen LogP contribution in [0.25, 0.3) is 0 Å². The fourth-order valence-electron chi connectivity index (χ4n) is 1.03. The molecule has 11 heavy (non-hydrogen) atoms. The summed E-state index contributed by atoms with van der Waals surface area (Å²) in [6.45, 7) is 8.56. The molecule has 0 spiro atoms. The number of benzene rings is 1. The van der Waals surface area contributed by atoms with E-state index in [9.17, 15) is 0 Å². The lowest BCUT2D eigenvalue weighted by molar-refractivity contribution is 0.338. The third kappa shape index (κ3) is 1.97. The Morgan fingerprint density at radius 1 is 1.45 bits per heavy atom. The molecular formula is C10H13O. The molecule has 1 nitrogen and oxygen atoms in total. The predicted octanol–water partition coefficient (Wildman–Crippen LogP) is 2.58. The van der Waals surface area contributed by atoms with Gasteiger partial charge in [0.2, 0.25) is 0 Å². The molecule has 0 aliphatic rings. The van der Waals surface area contributed by atoms with Crippen molar-refractivity contribution in [3.05, 3.63) is 36.2 Å². The average Bonchev–Trinajstić information content (AvgIpc) is 1.95. The second-order valence-corrected chi connectivity index (χ2v) is 2.53. The van der Waals surface area contributed by atoms with Crippen LogP contribution >= 0.6 is 0 Å². The first kappa shape index (κ1) is 8.12. The molecular weight excluding hydrogens is 136 g/mol. The SMILES string of the molecule is [CH2]c1ccc(OCC)c(C)c1. The summed E-state index contributed by atoms with van der Waals surface area (Å²) in [6.07, 6.45) is 0. The van der Waals surface area contributed by atoms with Gasteiger partial charge in [-0.1, -0.05) is 12.1 Å². The zero-order valence-electron chi connectivity index (χ0n) is 7.05. The quantitative estimate of drug-likeness (QED) is 0.628. The molecule has 0 saturated heterocycles. The summed E-state index contributed by atoms with van der Waals surface area (Å²) >= 11 is 0. The summed E-state index contributed by atoms with van der Waals surface area (Å²) in [5.74, 6) is 0.958. The highest BCUT2D eigenvalue weighted by atomic mass is 16.5. The maximum Gasteiger partial charge on any atom is 0.122 e. The van der Waals surface area contributed by atoms with E-state index in [1.54, 1.807) is 0 Å². The summed E-state index contributed by atoms with van der Waals surface area (Å²) in [5, 5.41) is 0.